The lowest BCUT2D eigenvalue weighted by molar-refractivity contribution is 0.210. The van der Waals surface area contributed by atoms with Crippen LogP contribution in [-0.4, -0.2) is 31.8 Å². The summed E-state index contributed by atoms with van der Waals surface area (Å²) < 4.78 is 10.7. The van der Waals surface area contributed by atoms with Gasteiger partial charge in [0.1, 0.15) is 0 Å². The van der Waals surface area contributed by atoms with Crippen molar-refractivity contribution in [3.8, 4) is 11.8 Å². The van der Waals surface area contributed by atoms with Crippen LogP contribution >= 0.6 is 12.4 Å². The highest BCUT2D eigenvalue weighted by Crippen LogP contribution is 2.15. The molecule has 2 rings (SSSR count). The van der Waals surface area contributed by atoms with Crippen LogP contribution in [-0.2, 0) is 0 Å². The minimum atomic E-state index is 0. The molecule has 0 radical (unpaired) electrons. The predicted octanol–water partition coefficient (Wildman–Crippen LogP) is 1.89. The van der Waals surface area contributed by atoms with E-state index in [1.165, 1.54) is 12.8 Å². The predicted molar refractivity (Wildman–Crippen MR) is 69.1 cm³/mol. The minimum Gasteiger partial charge on any atom is -0.481 e. The van der Waals surface area contributed by atoms with E-state index in [0.29, 0.717) is 17.7 Å². The summed E-state index contributed by atoms with van der Waals surface area (Å²) in [4.78, 5) is 4.21. The number of pyridine rings is 1. The minimum absolute atomic E-state index is 0. The number of hydrogen-bond donors (Lipinski definition) is 1. The van der Waals surface area contributed by atoms with Gasteiger partial charge in [0.15, 0.2) is 0 Å². The van der Waals surface area contributed by atoms with Gasteiger partial charge in [-0.2, -0.15) is 4.98 Å². The van der Waals surface area contributed by atoms with Crippen molar-refractivity contribution in [2.75, 3.05) is 26.8 Å². The number of methoxy groups -OCH3 is 1. The Hall–Kier alpha value is -1.00. The fourth-order valence-corrected chi connectivity index (χ4v) is 1.86. The van der Waals surface area contributed by atoms with Crippen LogP contribution in [0.15, 0.2) is 18.2 Å². The molecule has 1 aromatic heterocycles. The summed E-state index contributed by atoms with van der Waals surface area (Å²) in [5.41, 5.74) is 0. The van der Waals surface area contributed by atoms with Crippen molar-refractivity contribution < 1.29 is 9.47 Å². The molecule has 1 atom stereocenters. The van der Waals surface area contributed by atoms with Gasteiger partial charge >= 0.3 is 0 Å². The van der Waals surface area contributed by atoms with Gasteiger partial charge in [-0.1, -0.05) is 6.07 Å². The van der Waals surface area contributed by atoms with E-state index in [1.807, 2.05) is 18.2 Å². The lowest BCUT2D eigenvalue weighted by atomic mass is 10.0. The Morgan fingerprint density at radius 2 is 2.24 bits per heavy atom. The molecular formula is C12H19ClN2O2. The molecule has 0 spiro atoms. The molecule has 1 aliphatic heterocycles. The molecule has 1 aromatic rings. The number of nitrogens with one attached hydrogen (secondary N) is 1. The molecule has 0 bridgehead atoms. The molecule has 0 saturated carbocycles. The van der Waals surface area contributed by atoms with E-state index in [2.05, 4.69) is 10.3 Å². The van der Waals surface area contributed by atoms with Crippen molar-refractivity contribution in [1.82, 2.24) is 10.3 Å². The highest BCUT2D eigenvalue weighted by Gasteiger charge is 2.13. The maximum absolute atomic E-state index is 5.66. The molecule has 96 valence electrons. The average molecular weight is 259 g/mol. The van der Waals surface area contributed by atoms with Gasteiger partial charge in [-0.05, 0) is 19.4 Å². The molecule has 0 aliphatic carbocycles. The quantitative estimate of drug-likeness (QED) is 0.896. The van der Waals surface area contributed by atoms with Crippen molar-refractivity contribution in [3.05, 3.63) is 18.2 Å². The number of piperidine rings is 1. The first-order chi connectivity index (χ1) is 7.88. The van der Waals surface area contributed by atoms with Crippen molar-refractivity contribution in [2.24, 2.45) is 5.92 Å². The summed E-state index contributed by atoms with van der Waals surface area (Å²) in [7, 11) is 1.61. The van der Waals surface area contributed by atoms with E-state index in [0.717, 1.165) is 19.7 Å². The number of ether oxygens (including phenoxy) is 2. The Morgan fingerprint density at radius 1 is 1.41 bits per heavy atom. The third kappa shape index (κ3) is 4.40. The van der Waals surface area contributed by atoms with Gasteiger partial charge in [0, 0.05) is 24.6 Å². The van der Waals surface area contributed by atoms with Gasteiger partial charge in [0.25, 0.3) is 0 Å². The molecule has 17 heavy (non-hydrogen) atoms. The molecule has 1 aliphatic rings. The van der Waals surface area contributed by atoms with E-state index in [4.69, 9.17) is 9.47 Å². The topological polar surface area (TPSA) is 43.4 Å². The van der Waals surface area contributed by atoms with Crippen LogP contribution < -0.4 is 14.8 Å². The molecule has 5 heteroatoms. The molecule has 1 saturated heterocycles. The first-order valence-corrected chi connectivity index (χ1v) is 5.73. The summed E-state index contributed by atoms with van der Waals surface area (Å²) in [6, 6.07) is 5.56. The zero-order valence-corrected chi connectivity index (χ0v) is 10.8. The number of nitrogens with zero attached hydrogens (tertiary/aromatic N) is 1. The van der Waals surface area contributed by atoms with Gasteiger partial charge in [0.05, 0.1) is 13.7 Å². The second-order valence-corrected chi connectivity index (χ2v) is 4.04. The van der Waals surface area contributed by atoms with Crippen LogP contribution in [0.5, 0.6) is 11.8 Å². The van der Waals surface area contributed by atoms with E-state index < -0.39 is 0 Å². The lowest BCUT2D eigenvalue weighted by Gasteiger charge is -2.22. The molecule has 1 N–H and O–H groups in total. The Labute approximate surface area is 108 Å². The fourth-order valence-electron chi connectivity index (χ4n) is 1.86. The zero-order valence-electron chi connectivity index (χ0n) is 10.0. The Kier molecular flexibility index (Phi) is 6.08. The van der Waals surface area contributed by atoms with Crippen LogP contribution in [0.1, 0.15) is 12.8 Å². The number of halogens is 1. The molecule has 2 heterocycles. The van der Waals surface area contributed by atoms with E-state index in [1.54, 1.807) is 7.11 Å². The van der Waals surface area contributed by atoms with Crippen LogP contribution in [0.4, 0.5) is 0 Å². The summed E-state index contributed by atoms with van der Waals surface area (Å²) in [5, 5.41) is 3.37. The van der Waals surface area contributed by atoms with Crippen LogP contribution in [0.3, 0.4) is 0 Å². The van der Waals surface area contributed by atoms with Crippen LogP contribution in [0, 0.1) is 5.92 Å². The molecular weight excluding hydrogens is 240 g/mol. The summed E-state index contributed by atoms with van der Waals surface area (Å²) in [6.45, 7) is 2.91. The second-order valence-electron chi connectivity index (χ2n) is 4.04. The largest absolute Gasteiger partial charge is 0.481 e. The first-order valence-electron chi connectivity index (χ1n) is 5.73. The average Bonchev–Trinajstić information content (AvgIpc) is 2.38. The second kappa shape index (κ2) is 7.35. The van der Waals surface area contributed by atoms with Crippen molar-refractivity contribution in [1.29, 1.82) is 0 Å². The maximum atomic E-state index is 5.66. The molecule has 0 amide bonds. The number of rotatable bonds is 4. The van der Waals surface area contributed by atoms with Crippen molar-refractivity contribution in [2.45, 2.75) is 12.8 Å². The normalized spacial score (nSPS) is 19.2. The van der Waals surface area contributed by atoms with Gasteiger partial charge in [-0.15, -0.1) is 12.4 Å². The Balaban J connectivity index is 0.00000144. The number of hydrogen-bond acceptors (Lipinski definition) is 4. The summed E-state index contributed by atoms with van der Waals surface area (Å²) in [6.07, 6.45) is 2.47. The Bertz CT molecular complexity index is 330. The van der Waals surface area contributed by atoms with E-state index >= 15 is 0 Å². The molecule has 1 unspecified atom stereocenters. The summed E-state index contributed by atoms with van der Waals surface area (Å²) >= 11 is 0. The molecule has 1 fully saturated rings. The zero-order chi connectivity index (χ0) is 11.2. The van der Waals surface area contributed by atoms with E-state index in [9.17, 15) is 0 Å². The van der Waals surface area contributed by atoms with Gasteiger partial charge < -0.3 is 14.8 Å². The van der Waals surface area contributed by atoms with Crippen LogP contribution in [0.2, 0.25) is 0 Å². The van der Waals surface area contributed by atoms with Crippen molar-refractivity contribution >= 4 is 12.4 Å². The third-order valence-electron chi connectivity index (χ3n) is 2.77. The monoisotopic (exact) mass is 258 g/mol. The lowest BCUT2D eigenvalue weighted by Crippen LogP contribution is -2.33. The maximum Gasteiger partial charge on any atom is 0.216 e. The highest BCUT2D eigenvalue weighted by molar-refractivity contribution is 5.85. The molecule has 4 nitrogen and oxygen atoms in total. The SMILES string of the molecule is COc1cccc(OCC2CCCNC2)n1.Cl. The Morgan fingerprint density at radius 3 is 2.94 bits per heavy atom. The summed E-state index contributed by atoms with van der Waals surface area (Å²) in [5.74, 6) is 1.84. The highest BCUT2D eigenvalue weighted by atomic mass is 35.5. The van der Waals surface area contributed by atoms with Crippen molar-refractivity contribution in [3.63, 3.8) is 0 Å². The third-order valence-corrected chi connectivity index (χ3v) is 2.77. The smallest absolute Gasteiger partial charge is 0.216 e. The van der Waals surface area contributed by atoms with Gasteiger partial charge in [0.2, 0.25) is 11.8 Å². The number of aromatic nitrogens is 1. The van der Waals surface area contributed by atoms with Gasteiger partial charge in [-0.3, -0.25) is 0 Å². The fraction of sp³-hybridized carbons (Fsp3) is 0.583. The van der Waals surface area contributed by atoms with Crippen LogP contribution in [0.25, 0.3) is 0 Å². The molecule has 0 aromatic carbocycles. The standard InChI is InChI=1S/C12H18N2O2.ClH/c1-15-11-5-2-6-12(14-11)16-9-10-4-3-7-13-8-10;/h2,5-6,10,13H,3-4,7-9H2,1H3;1H. The first kappa shape index (κ1) is 14.1. The van der Waals surface area contributed by atoms with E-state index in [-0.39, 0.29) is 12.4 Å². The van der Waals surface area contributed by atoms with Gasteiger partial charge in [-0.25, -0.2) is 0 Å².